The number of nitrogens with zero attached hydrogens (tertiary/aromatic N) is 1. The fourth-order valence-electron chi connectivity index (χ4n) is 0.675. The van der Waals surface area contributed by atoms with E-state index in [1.165, 1.54) is 12.1 Å². The molecule has 0 fully saturated rings. The quantitative estimate of drug-likeness (QED) is 0.256. The Morgan fingerprint density at radius 2 is 1.73 bits per heavy atom. The molecule has 0 unspecified atom stereocenters. The molecule has 1 rings (SSSR count). The standard InChI is InChI=1S/C6H6N4O/c7-3-1-2-4(10-11)6(9)5(3)8/h1-2,7-9,11H. The minimum atomic E-state index is -0.222. The number of nitrogens with one attached hydrogen (secondary N) is 3. The third-order valence-electron chi connectivity index (χ3n) is 1.29. The van der Waals surface area contributed by atoms with Crippen LogP contribution in [-0.4, -0.2) is 5.21 Å². The van der Waals surface area contributed by atoms with E-state index in [0.717, 1.165) is 0 Å². The molecule has 11 heavy (non-hydrogen) atoms. The largest absolute Gasteiger partial charge is 0.410 e. The Bertz CT molecular complexity index is 467. The van der Waals surface area contributed by atoms with Gasteiger partial charge in [-0.2, -0.15) is 0 Å². The predicted molar refractivity (Wildman–Crippen MR) is 33.7 cm³/mol. The van der Waals surface area contributed by atoms with Crippen LogP contribution in [0.1, 0.15) is 0 Å². The second-order valence-electron chi connectivity index (χ2n) is 1.98. The summed E-state index contributed by atoms with van der Waals surface area (Å²) in [5.41, 5.74) is 0. The van der Waals surface area contributed by atoms with Gasteiger partial charge in [0, 0.05) is 0 Å². The Labute approximate surface area is 61.1 Å². The molecule has 0 aliphatic rings. The lowest BCUT2D eigenvalue weighted by molar-refractivity contribution is 0.300. The van der Waals surface area contributed by atoms with Crippen LogP contribution >= 0.6 is 0 Å². The van der Waals surface area contributed by atoms with Crippen LogP contribution in [0.3, 0.4) is 0 Å². The molecule has 1 aromatic carbocycles. The van der Waals surface area contributed by atoms with Gasteiger partial charge >= 0.3 is 0 Å². The van der Waals surface area contributed by atoms with Crippen molar-refractivity contribution in [3.63, 3.8) is 0 Å². The molecule has 0 saturated heterocycles. The first-order valence-corrected chi connectivity index (χ1v) is 2.83. The van der Waals surface area contributed by atoms with Crippen LogP contribution < -0.4 is 21.4 Å². The summed E-state index contributed by atoms with van der Waals surface area (Å²) >= 11 is 0. The first-order valence-electron chi connectivity index (χ1n) is 2.83. The molecule has 1 aromatic rings. The molecular weight excluding hydrogens is 144 g/mol. The zero-order valence-corrected chi connectivity index (χ0v) is 5.55. The van der Waals surface area contributed by atoms with Gasteiger partial charge in [0.05, 0.1) is 5.36 Å². The predicted octanol–water partition coefficient (Wildman–Crippen LogP) is -1.71. The number of benzene rings is 1. The Hall–Kier alpha value is -1.78. The lowest BCUT2D eigenvalue weighted by Gasteiger charge is -1.83. The van der Waals surface area contributed by atoms with E-state index in [1.54, 1.807) is 0 Å². The average molecular weight is 150 g/mol. The van der Waals surface area contributed by atoms with E-state index in [-0.39, 0.29) is 21.4 Å². The van der Waals surface area contributed by atoms with E-state index < -0.39 is 0 Å². The van der Waals surface area contributed by atoms with E-state index in [1.807, 2.05) is 0 Å². The molecule has 0 aliphatic carbocycles. The van der Waals surface area contributed by atoms with Gasteiger partial charge in [0.2, 0.25) is 0 Å². The second kappa shape index (κ2) is 2.45. The van der Waals surface area contributed by atoms with Crippen LogP contribution in [0.5, 0.6) is 0 Å². The number of hydrogen-bond acceptors (Lipinski definition) is 5. The highest BCUT2D eigenvalue weighted by molar-refractivity contribution is 4.96. The van der Waals surface area contributed by atoms with Gasteiger partial charge in [-0.1, -0.05) is 5.16 Å². The Morgan fingerprint density at radius 1 is 1.09 bits per heavy atom. The highest BCUT2D eigenvalue weighted by Gasteiger charge is 1.90. The summed E-state index contributed by atoms with van der Waals surface area (Å²) in [6, 6.07) is 2.64. The molecule has 0 atom stereocenters. The molecule has 5 nitrogen and oxygen atoms in total. The van der Waals surface area contributed by atoms with Crippen LogP contribution in [0.2, 0.25) is 0 Å². The fourth-order valence-corrected chi connectivity index (χ4v) is 0.675. The Morgan fingerprint density at radius 3 is 2.27 bits per heavy atom. The van der Waals surface area contributed by atoms with E-state index in [2.05, 4.69) is 5.16 Å². The van der Waals surface area contributed by atoms with Crippen LogP contribution in [0.25, 0.3) is 0 Å². The van der Waals surface area contributed by atoms with Crippen molar-refractivity contribution in [2.45, 2.75) is 0 Å². The highest BCUT2D eigenvalue weighted by Crippen LogP contribution is 1.52. The lowest BCUT2D eigenvalue weighted by atomic mass is 10.3. The topological polar surface area (TPSA) is 104 Å². The maximum Gasteiger partial charge on any atom is 0.129 e. The fraction of sp³-hybridized carbons (Fsp3) is 0. The van der Waals surface area contributed by atoms with Crippen molar-refractivity contribution in [3.05, 3.63) is 33.6 Å². The smallest absolute Gasteiger partial charge is 0.129 e. The maximum atomic E-state index is 8.29. The highest BCUT2D eigenvalue weighted by atomic mass is 16.4. The summed E-state index contributed by atoms with van der Waals surface area (Å²) in [6.45, 7) is 0. The molecule has 0 heterocycles. The van der Waals surface area contributed by atoms with Crippen LogP contribution in [0.15, 0.2) is 17.3 Å². The van der Waals surface area contributed by atoms with E-state index in [0.29, 0.717) is 0 Å². The van der Waals surface area contributed by atoms with Crippen molar-refractivity contribution in [3.8, 4) is 0 Å². The first kappa shape index (κ1) is 7.33. The summed E-state index contributed by atoms with van der Waals surface area (Å²) in [6.07, 6.45) is 0. The average Bonchev–Trinajstić information content (AvgIpc) is 2.01. The molecule has 0 aromatic heterocycles. The van der Waals surface area contributed by atoms with Gasteiger partial charge in [-0.05, 0) is 12.1 Å². The van der Waals surface area contributed by atoms with Crippen molar-refractivity contribution in [1.82, 2.24) is 0 Å². The maximum absolute atomic E-state index is 8.29. The van der Waals surface area contributed by atoms with Gasteiger partial charge in [-0.3, -0.25) is 16.2 Å². The van der Waals surface area contributed by atoms with E-state index in [9.17, 15) is 0 Å². The van der Waals surface area contributed by atoms with Gasteiger partial charge < -0.3 is 5.21 Å². The molecule has 56 valence electrons. The monoisotopic (exact) mass is 150 g/mol. The van der Waals surface area contributed by atoms with Crippen molar-refractivity contribution in [2.75, 3.05) is 0 Å². The lowest BCUT2D eigenvalue weighted by Crippen LogP contribution is -2.46. The van der Waals surface area contributed by atoms with Gasteiger partial charge in [0.15, 0.2) is 0 Å². The van der Waals surface area contributed by atoms with Crippen molar-refractivity contribution >= 4 is 0 Å². The molecule has 0 spiro atoms. The zero-order valence-electron chi connectivity index (χ0n) is 5.55. The summed E-state index contributed by atoms with van der Waals surface area (Å²) in [5.74, 6) is 0. The summed E-state index contributed by atoms with van der Waals surface area (Å²) < 4.78 is 0. The molecule has 4 N–H and O–H groups in total. The Balaban J connectivity index is 3.95. The minimum absolute atomic E-state index is 0.0194. The van der Waals surface area contributed by atoms with Crippen LogP contribution in [0, 0.1) is 16.2 Å². The molecule has 0 aliphatic heterocycles. The summed E-state index contributed by atoms with van der Waals surface area (Å²) in [7, 11) is 0. The van der Waals surface area contributed by atoms with Gasteiger partial charge in [-0.15, -0.1) is 0 Å². The van der Waals surface area contributed by atoms with Crippen LogP contribution in [-0.2, 0) is 0 Å². The SMILES string of the molecule is N=c1ccc(=NO)c(=N)c1=N. The van der Waals surface area contributed by atoms with Gasteiger partial charge in [-0.25, -0.2) is 0 Å². The minimum Gasteiger partial charge on any atom is -0.410 e. The summed E-state index contributed by atoms with van der Waals surface area (Å²) in [4.78, 5) is 0. The number of hydrogen-bond donors (Lipinski definition) is 4. The van der Waals surface area contributed by atoms with Crippen molar-refractivity contribution in [2.24, 2.45) is 5.16 Å². The van der Waals surface area contributed by atoms with E-state index in [4.69, 9.17) is 21.4 Å². The third-order valence-corrected chi connectivity index (χ3v) is 1.29. The summed E-state index contributed by atoms with van der Waals surface area (Å²) in [5, 5.41) is 32.0. The van der Waals surface area contributed by atoms with Crippen LogP contribution in [0.4, 0.5) is 0 Å². The van der Waals surface area contributed by atoms with Gasteiger partial charge in [0.1, 0.15) is 16.1 Å². The van der Waals surface area contributed by atoms with Gasteiger partial charge in [0.25, 0.3) is 0 Å². The second-order valence-corrected chi connectivity index (χ2v) is 1.98. The molecule has 0 saturated carbocycles. The zero-order chi connectivity index (χ0) is 8.43. The number of rotatable bonds is 0. The molecule has 0 radical (unpaired) electrons. The third kappa shape index (κ3) is 1.07. The van der Waals surface area contributed by atoms with Crippen molar-refractivity contribution < 1.29 is 5.21 Å². The van der Waals surface area contributed by atoms with Crippen molar-refractivity contribution in [1.29, 1.82) is 16.2 Å². The molecule has 0 bridgehead atoms. The first-order chi connectivity index (χ1) is 5.16. The molecular formula is C6H6N4O. The normalized spacial score (nSPS) is 11.8. The molecule has 0 amide bonds. The molecule has 5 heteroatoms. The van der Waals surface area contributed by atoms with E-state index >= 15 is 0 Å². The Kier molecular flexibility index (Phi) is 1.63.